The first kappa shape index (κ1) is 21.6. The highest BCUT2D eigenvalue weighted by Crippen LogP contribution is 2.35. The fourth-order valence-electron chi connectivity index (χ4n) is 2.95. The molecular weight excluding hydrogens is 477 g/mol. The number of aromatic carboxylic acids is 1. The van der Waals surface area contributed by atoms with Crippen LogP contribution < -0.4 is 0 Å². The van der Waals surface area contributed by atoms with Gasteiger partial charge in [-0.1, -0.05) is 65.4 Å². The fraction of sp³-hybridized carbons (Fsp3) is 0.0455. The van der Waals surface area contributed by atoms with E-state index in [1.54, 1.807) is 48.5 Å². The van der Waals surface area contributed by atoms with Gasteiger partial charge in [0.15, 0.2) is 0 Å². The lowest BCUT2D eigenvalue weighted by molar-refractivity contribution is -0.122. The van der Waals surface area contributed by atoms with E-state index in [0.29, 0.717) is 30.8 Å². The summed E-state index contributed by atoms with van der Waals surface area (Å²) in [6, 6.07) is 15.0. The zero-order valence-corrected chi connectivity index (χ0v) is 18.8. The van der Waals surface area contributed by atoms with E-state index in [1.807, 2.05) is 0 Å². The lowest BCUT2D eigenvalue weighted by Crippen LogP contribution is -2.27. The summed E-state index contributed by atoms with van der Waals surface area (Å²) in [7, 11) is 0. The number of benzene rings is 2. The minimum atomic E-state index is -0.991. The van der Waals surface area contributed by atoms with Crippen molar-refractivity contribution in [1.82, 2.24) is 4.90 Å². The third-order valence-corrected chi connectivity index (χ3v) is 6.63. The van der Waals surface area contributed by atoms with E-state index in [2.05, 4.69) is 0 Å². The molecule has 2 heterocycles. The highest BCUT2D eigenvalue weighted by molar-refractivity contribution is 8.26. The molecule has 31 heavy (non-hydrogen) atoms. The molecule has 1 N–H and O–H groups in total. The van der Waals surface area contributed by atoms with Crippen LogP contribution in [0.15, 0.2) is 63.9 Å². The molecule has 156 valence electrons. The Bertz CT molecular complexity index is 1230. The summed E-state index contributed by atoms with van der Waals surface area (Å²) in [5, 5.41) is 9.87. The van der Waals surface area contributed by atoms with Crippen molar-refractivity contribution in [2.75, 3.05) is 0 Å². The Morgan fingerprint density at radius 3 is 2.52 bits per heavy atom. The third kappa shape index (κ3) is 4.70. The number of nitrogens with zero attached hydrogens (tertiary/aromatic N) is 1. The van der Waals surface area contributed by atoms with Crippen molar-refractivity contribution < 1.29 is 19.1 Å². The van der Waals surface area contributed by atoms with Gasteiger partial charge in [-0.05, 0) is 42.0 Å². The zero-order chi connectivity index (χ0) is 22.1. The standard InChI is InChI=1S/C22H13Cl2NO4S2/c23-16-7-1-12(9-17(16)24)11-25-20(26)19(31-22(25)30)10-15-6-8-18(29-15)13-2-4-14(5-3-13)21(27)28/h1-10H,11H2,(H,27,28)/b19-10-. The predicted octanol–water partition coefficient (Wildman–Crippen LogP) is 6.35. The van der Waals surface area contributed by atoms with Crippen LogP contribution in [0.2, 0.25) is 10.0 Å². The van der Waals surface area contributed by atoms with E-state index in [-0.39, 0.29) is 18.0 Å². The van der Waals surface area contributed by atoms with Crippen molar-refractivity contribution in [2.45, 2.75) is 6.54 Å². The molecule has 1 fully saturated rings. The molecule has 0 spiro atoms. The van der Waals surface area contributed by atoms with Gasteiger partial charge in [-0.3, -0.25) is 9.69 Å². The molecule has 1 aromatic heterocycles. The summed E-state index contributed by atoms with van der Waals surface area (Å²) in [4.78, 5) is 25.8. The number of halogens is 2. The normalized spacial score (nSPS) is 15.2. The van der Waals surface area contributed by atoms with Gasteiger partial charge in [0.1, 0.15) is 15.8 Å². The quantitative estimate of drug-likeness (QED) is 0.332. The molecule has 4 rings (SSSR count). The second kappa shape index (κ2) is 8.88. The van der Waals surface area contributed by atoms with E-state index < -0.39 is 5.97 Å². The molecule has 0 radical (unpaired) electrons. The number of carbonyl (C=O) groups is 2. The summed E-state index contributed by atoms with van der Waals surface area (Å²) in [6.45, 7) is 0.290. The number of hydrogen-bond acceptors (Lipinski definition) is 5. The molecule has 1 aliphatic heterocycles. The van der Waals surface area contributed by atoms with Crippen LogP contribution in [0.4, 0.5) is 0 Å². The highest BCUT2D eigenvalue weighted by Gasteiger charge is 2.32. The molecule has 1 aliphatic rings. The molecule has 0 aliphatic carbocycles. The van der Waals surface area contributed by atoms with Crippen molar-refractivity contribution in [3.63, 3.8) is 0 Å². The monoisotopic (exact) mass is 489 g/mol. The number of amides is 1. The minimum absolute atomic E-state index is 0.196. The maximum atomic E-state index is 12.8. The van der Waals surface area contributed by atoms with Crippen LogP contribution in [-0.4, -0.2) is 26.2 Å². The van der Waals surface area contributed by atoms with Crippen molar-refractivity contribution in [3.05, 3.63) is 86.4 Å². The lowest BCUT2D eigenvalue weighted by Gasteiger charge is -2.14. The second-order valence-electron chi connectivity index (χ2n) is 6.60. The predicted molar refractivity (Wildman–Crippen MR) is 126 cm³/mol. The number of thioether (sulfide) groups is 1. The van der Waals surface area contributed by atoms with Crippen molar-refractivity contribution >= 4 is 69.5 Å². The molecule has 1 saturated heterocycles. The number of carbonyl (C=O) groups excluding carboxylic acids is 1. The minimum Gasteiger partial charge on any atom is -0.478 e. The number of carboxylic acids is 1. The Morgan fingerprint density at radius 2 is 1.84 bits per heavy atom. The fourth-order valence-corrected chi connectivity index (χ4v) is 4.50. The lowest BCUT2D eigenvalue weighted by atomic mass is 10.1. The van der Waals surface area contributed by atoms with Crippen LogP contribution >= 0.6 is 47.2 Å². The van der Waals surface area contributed by atoms with Gasteiger partial charge in [-0.15, -0.1) is 0 Å². The number of furan rings is 1. The van der Waals surface area contributed by atoms with E-state index in [1.165, 1.54) is 28.8 Å². The van der Waals surface area contributed by atoms with Gasteiger partial charge in [0.05, 0.1) is 27.1 Å². The van der Waals surface area contributed by atoms with Crippen molar-refractivity contribution in [1.29, 1.82) is 0 Å². The van der Waals surface area contributed by atoms with Crippen LogP contribution in [-0.2, 0) is 11.3 Å². The molecule has 0 bridgehead atoms. The smallest absolute Gasteiger partial charge is 0.335 e. The first-order valence-electron chi connectivity index (χ1n) is 8.94. The van der Waals surface area contributed by atoms with Gasteiger partial charge >= 0.3 is 5.97 Å². The largest absolute Gasteiger partial charge is 0.478 e. The Hall–Kier alpha value is -2.58. The first-order valence-corrected chi connectivity index (χ1v) is 10.9. The summed E-state index contributed by atoms with van der Waals surface area (Å²) >= 11 is 18.6. The Balaban J connectivity index is 1.51. The van der Waals surface area contributed by atoms with E-state index in [0.717, 1.165) is 11.1 Å². The summed E-state index contributed by atoms with van der Waals surface area (Å²) in [5.74, 6) is -0.152. The van der Waals surface area contributed by atoms with E-state index >= 15 is 0 Å². The highest BCUT2D eigenvalue weighted by atomic mass is 35.5. The van der Waals surface area contributed by atoms with Gasteiger partial charge in [0.2, 0.25) is 0 Å². The van der Waals surface area contributed by atoms with Crippen LogP contribution in [0.1, 0.15) is 21.7 Å². The van der Waals surface area contributed by atoms with E-state index in [9.17, 15) is 9.59 Å². The van der Waals surface area contributed by atoms with Gasteiger partial charge in [-0.25, -0.2) is 4.79 Å². The van der Waals surface area contributed by atoms with Gasteiger partial charge in [0.25, 0.3) is 5.91 Å². The van der Waals surface area contributed by atoms with Crippen molar-refractivity contribution in [3.8, 4) is 11.3 Å². The Kier molecular flexibility index (Phi) is 6.20. The van der Waals surface area contributed by atoms with Gasteiger partial charge < -0.3 is 9.52 Å². The van der Waals surface area contributed by atoms with Gasteiger partial charge in [-0.2, -0.15) is 0 Å². The van der Waals surface area contributed by atoms with Crippen LogP contribution in [0.5, 0.6) is 0 Å². The molecular formula is C22H13Cl2NO4S2. The van der Waals surface area contributed by atoms with E-state index in [4.69, 9.17) is 44.9 Å². The second-order valence-corrected chi connectivity index (χ2v) is 9.09. The summed E-state index contributed by atoms with van der Waals surface area (Å²) in [5.41, 5.74) is 1.75. The maximum absolute atomic E-state index is 12.8. The molecule has 0 atom stereocenters. The summed E-state index contributed by atoms with van der Waals surface area (Å²) < 4.78 is 6.26. The molecule has 2 aromatic carbocycles. The molecule has 0 unspecified atom stereocenters. The van der Waals surface area contributed by atoms with Gasteiger partial charge in [0, 0.05) is 11.6 Å². The topological polar surface area (TPSA) is 70.8 Å². The average Bonchev–Trinajstić information content (AvgIpc) is 3.31. The number of hydrogen-bond donors (Lipinski definition) is 1. The number of rotatable bonds is 5. The number of thiocarbonyl (C=S) groups is 1. The molecule has 9 heteroatoms. The van der Waals surface area contributed by atoms with Crippen LogP contribution in [0.25, 0.3) is 17.4 Å². The Morgan fingerprint density at radius 1 is 1.10 bits per heavy atom. The SMILES string of the molecule is O=C(O)c1ccc(-c2ccc(/C=C3\SC(=S)N(Cc4ccc(Cl)c(Cl)c4)C3=O)o2)cc1. The van der Waals surface area contributed by atoms with Crippen molar-refractivity contribution in [2.24, 2.45) is 0 Å². The van der Waals surface area contributed by atoms with Crippen LogP contribution in [0.3, 0.4) is 0 Å². The first-order chi connectivity index (χ1) is 14.8. The summed E-state index contributed by atoms with van der Waals surface area (Å²) in [6.07, 6.45) is 1.64. The Labute approximate surface area is 197 Å². The third-order valence-electron chi connectivity index (χ3n) is 4.51. The maximum Gasteiger partial charge on any atom is 0.335 e. The molecule has 5 nitrogen and oxygen atoms in total. The molecule has 1 amide bonds. The average molecular weight is 490 g/mol. The molecule has 0 saturated carbocycles. The van der Waals surface area contributed by atoms with Crippen LogP contribution in [0, 0.1) is 0 Å². The molecule has 3 aromatic rings. The zero-order valence-electron chi connectivity index (χ0n) is 15.7. The number of carboxylic acid groups (broad SMARTS) is 1.